The molecule has 0 aromatic carbocycles. The van der Waals surface area contributed by atoms with Gasteiger partial charge in [-0.05, 0) is 24.7 Å². The van der Waals surface area contributed by atoms with Crippen molar-refractivity contribution in [1.29, 1.82) is 0 Å². The van der Waals surface area contributed by atoms with E-state index in [0.29, 0.717) is 13.1 Å². The van der Waals surface area contributed by atoms with E-state index in [2.05, 4.69) is 15.6 Å². The maximum Gasteiger partial charge on any atom is 0.330 e. The van der Waals surface area contributed by atoms with Gasteiger partial charge in [-0.1, -0.05) is 27.7 Å². The molecule has 10 heteroatoms. The first-order chi connectivity index (χ1) is 13.1. The number of carbonyl (C=O) groups is 2. The number of nitrogens with two attached hydrogens (primary N) is 1. The van der Waals surface area contributed by atoms with Crippen molar-refractivity contribution < 1.29 is 9.59 Å². The van der Waals surface area contributed by atoms with Crippen molar-refractivity contribution in [3.05, 3.63) is 20.8 Å². The molecule has 2 rings (SSSR count). The van der Waals surface area contributed by atoms with E-state index in [1.165, 1.54) is 9.47 Å². The molecule has 1 aliphatic carbocycles. The fourth-order valence-corrected chi connectivity index (χ4v) is 2.89. The lowest BCUT2D eigenvalue weighted by Gasteiger charge is -2.27. The van der Waals surface area contributed by atoms with Crippen LogP contribution >= 0.6 is 0 Å². The van der Waals surface area contributed by atoms with Crippen molar-refractivity contribution in [2.24, 2.45) is 11.8 Å². The Morgan fingerprint density at radius 1 is 1.21 bits per heavy atom. The molecule has 0 bridgehead atoms. The van der Waals surface area contributed by atoms with Gasteiger partial charge < -0.3 is 16.0 Å². The Hall–Kier alpha value is -2.78. The van der Waals surface area contributed by atoms with Crippen LogP contribution in [-0.2, 0) is 11.3 Å². The van der Waals surface area contributed by atoms with E-state index < -0.39 is 23.2 Å². The summed E-state index contributed by atoms with van der Waals surface area (Å²) in [5, 5.41) is 4.94. The molecule has 1 aromatic heterocycles. The molecule has 1 saturated carbocycles. The van der Waals surface area contributed by atoms with Crippen molar-refractivity contribution in [2.45, 2.75) is 53.1 Å². The largest absolute Gasteiger partial charge is 0.383 e. The van der Waals surface area contributed by atoms with E-state index in [1.54, 1.807) is 0 Å². The zero-order valence-corrected chi connectivity index (χ0v) is 16.9. The summed E-state index contributed by atoms with van der Waals surface area (Å²) >= 11 is 0. The Kier molecular flexibility index (Phi) is 6.87. The molecule has 1 aromatic rings. The van der Waals surface area contributed by atoms with Crippen LogP contribution in [0, 0.1) is 11.8 Å². The molecule has 0 spiro atoms. The summed E-state index contributed by atoms with van der Waals surface area (Å²) in [6.07, 6.45) is 1.81. The zero-order chi connectivity index (χ0) is 21.0. The van der Waals surface area contributed by atoms with Gasteiger partial charge in [-0.3, -0.25) is 24.5 Å². The number of aromatic amines is 1. The minimum absolute atomic E-state index is 0.0123. The Labute approximate surface area is 163 Å². The topological polar surface area (TPSA) is 142 Å². The van der Waals surface area contributed by atoms with Crippen molar-refractivity contribution in [1.82, 2.24) is 20.2 Å². The number of aromatic nitrogens is 2. The van der Waals surface area contributed by atoms with Gasteiger partial charge in [0.15, 0.2) is 0 Å². The lowest BCUT2D eigenvalue weighted by Crippen LogP contribution is -2.48. The molecule has 0 saturated heterocycles. The number of carbonyl (C=O) groups excluding carboxylic acids is 2. The highest BCUT2D eigenvalue weighted by Gasteiger charge is 2.26. The minimum Gasteiger partial charge on any atom is -0.383 e. The van der Waals surface area contributed by atoms with Crippen LogP contribution < -0.4 is 32.5 Å². The summed E-state index contributed by atoms with van der Waals surface area (Å²) in [6.45, 7) is 8.16. The van der Waals surface area contributed by atoms with Gasteiger partial charge >= 0.3 is 11.7 Å². The summed E-state index contributed by atoms with van der Waals surface area (Å²) in [4.78, 5) is 52.5. The lowest BCUT2D eigenvalue weighted by molar-refractivity contribution is -0.118. The van der Waals surface area contributed by atoms with E-state index in [-0.39, 0.29) is 35.9 Å². The molecule has 1 heterocycles. The van der Waals surface area contributed by atoms with Gasteiger partial charge in [-0.25, -0.2) is 9.59 Å². The molecule has 5 N–H and O–H groups in total. The number of H-pyrrole nitrogens is 1. The average molecular weight is 394 g/mol. The third-order valence-electron chi connectivity index (χ3n) is 4.16. The fraction of sp³-hybridized carbons (Fsp3) is 0.667. The quantitative estimate of drug-likeness (QED) is 0.497. The van der Waals surface area contributed by atoms with Gasteiger partial charge in [0.1, 0.15) is 11.5 Å². The molecule has 28 heavy (non-hydrogen) atoms. The van der Waals surface area contributed by atoms with Crippen LogP contribution in [0.2, 0.25) is 0 Å². The molecule has 0 radical (unpaired) electrons. The third-order valence-corrected chi connectivity index (χ3v) is 4.16. The lowest BCUT2D eigenvalue weighted by atomic mass is 10.2. The number of nitrogen functional groups attached to an aromatic ring is 1. The number of amides is 3. The number of hydrogen-bond acceptors (Lipinski definition) is 6. The monoisotopic (exact) mass is 394 g/mol. The summed E-state index contributed by atoms with van der Waals surface area (Å²) in [7, 11) is 0. The molecule has 1 aliphatic rings. The molecule has 0 unspecified atom stereocenters. The van der Waals surface area contributed by atoms with Gasteiger partial charge in [0.25, 0.3) is 5.56 Å². The van der Waals surface area contributed by atoms with E-state index in [0.717, 1.165) is 12.8 Å². The maximum atomic E-state index is 12.5. The number of anilines is 2. The second-order valence-electron chi connectivity index (χ2n) is 8.07. The number of hydrogen-bond donors (Lipinski definition) is 4. The molecule has 0 aliphatic heterocycles. The summed E-state index contributed by atoms with van der Waals surface area (Å²) < 4.78 is 1.30. The van der Waals surface area contributed by atoms with Crippen LogP contribution in [0.5, 0.6) is 0 Å². The first-order valence-electron chi connectivity index (χ1n) is 9.56. The van der Waals surface area contributed by atoms with Crippen molar-refractivity contribution in [3.63, 3.8) is 0 Å². The van der Waals surface area contributed by atoms with Gasteiger partial charge in [0.05, 0.1) is 6.54 Å². The molecule has 0 atom stereocenters. The van der Waals surface area contributed by atoms with Crippen molar-refractivity contribution in [2.75, 3.05) is 23.7 Å². The van der Waals surface area contributed by atoms with Crippen LogP contribution in [0.15, 0.2) is 9.59 Å². The predicted molar refractivity (Wildman–Crippen MR) is 107 cm³/mol. The molecule has 10 nitrogen and oxygen atoms in total. The standard InChI is InChI=1S/C18H30N6O4/c1-10(2)7-23(9-13(25)21-17(27)20-12-5-6-12)14-15(19)24(8-11(3)4)18(28)22-16(14)26/h10-12H,5-9,19H2,1-4H3,(H,22,26,28)(H2,20,21,25,27). The van der Waals surface area contributed by atoms with Crippen LogP contribution in [-0.4, -0.2) is 40.6 Å². The van der Waals surface area contributed by atoms with Crippen molar-refractivity contribution in [3.8, 4) is 0 Å². The van der Waals surface area contributed by atoms with Crippen LogP contribution in [0.25, 0.3) is 0 Å². The molecule has 156 valence electrons. The minimum atomic E-state index is -0.654. The summed E-state index contributed by atoms with van der Waals surface area (Å²) in [6, 6.07) is -0.429. The van der Waals surface area contributed by atoms with E-state index in [1.807, 2.05) is 27.7 Å². The van der Waals surface area contributed by atoms with Gasteiger partial charge in [-0.2, -0.15) is 0 Å². The predicted octanol–water partition coefficient (Wildman–Crippen LogP) is 0.225. The number of nitrogens with zero attached hydrogens (tertiary/aromatic N) is 2. The Morgan fingerprint density at radius 2 is 1.86 bits per heavy atom. The molecule has 1 fully saturated rings. The molecular weight excluding hydrogens is 364 g/mol. The number of rotatable bonds is 8. The van der Waals surface area contributed by atoms with E-state index >= 15 is 0 Å². The smallest absolute Gasteiger partial charge is 0.330 e. The number of nitrogens with one attached hydrogen (secondary N) is 3. The molecule has 3 amide bonds. The van der Waals surface area contributed by atoms with Crippen LogP contribution in [0.3, 0.4) is 0 Å². The molecular formula is C18H30N6O4. The SMILES string of the molecule is CC(C)CN(CC(=O)NC(=O)NC1CC1)c1c(N)n(CC(C)C)c(=O)[nH]c1=O. The van der Waals surface area contributed by atoms with Crippen molar-refractivity contribution >= 4 is 23.4 Å². The van der Waals surface area contributed by atoms with Crippen LogP contribution in [0.4, 0.5) is 16.3 Å². The van der Waals surface area contributed by atoms with E-state index in [9.17, 15) is 19.2 Å². The number of imide groups is 1. The van der Waals surface area contributed by atoms with Crippen LogP contribution in [0.1, 0.15) is 40.5 Å². The average Bonchev–Trinajstić information content (AvgIpc) is 3.33. The number of urea groups is 1. The van der Waals surface area contributed by atoms with Gasteiger partial charge in [0.2, 0.25) is 5.91 Å². The fourth-order valence-electron chi connectivity index (χ4n) is 2.89. The Bertz CT molecular complexity index is 837. The zero-order valence-electron chi connectivity index (χ0n) is 16.9. The highest BCUT2D eigenvalue weighted by atomic mass is 16.2. The third kappa shape index (κ3) is 5.86. The highest BCUT2D eigenvalue weighted by Crippen LogP contribution is 2.19. The summed E-state index contributed by atoms with van der Waals surface area (Å²) in [5.74, 6) is -0.304. The van der Waals surface area contributed by atoms with Gasteiger partial charge in [0, 0.05) is 19.1 Å². The maximum absolute atomic E-state index is 12.5. The van der Waals surface area contributed by atoms with E-state index in [4.69, 9.17) is 5.73 Å². The van der Waals surface area contributed by atoms with Gasteiger partial charge in [-0.15, -0.1) is 0 Å². The second kappa shape index (κ2) is 8.94. The summed E-state index contributed by atoms with van der Waals surface area (Å²) in [5.41, 5.74) is 4.97. The Morgan fingerprint density at radius 3 is 2.39 bits per heavy atom. The normalized spacial score (nSPS) is 13.6. The first kappa shape index (κ1) is 21.5. The second-order valence-corrected chi connectivity index (χ2v) is 8.07. The Balaban J connectivity index is 2.28. The highest BCUT2D eigenvalue weighted by molar-refractivity contribution is 5.96. The first-order valence-corrected chi connectivity index (χ1v) is 9.56.